The smallest absolute Gasteiger partial charge is 0.407 e. The molecule has 0 spiro atoms. The highest BCUT2D eigenvalue weighted by Crippen LogP contribution is 1.94. The number of esters is 1. The van der Waals surface area contributed by atoms with E-state index in [1.165, 1.54) is 0 Å². The molecule has 0 aromatic rings. The minimum Gasteiger partial charge on any atom is -0.461 e. The van der Waals surface area contributed by atoms with Crippen molar-refractivity contribution < 1.29 is 23.8 Å². The van der Waals surface area contributed by atoms with Gasteiger partial charge in [-0.05, 0) is 13.3 Å². The van der Waals surface area contributed by atoms with Crippen molar-refractivity contribution in [1.82, 2.24) is 5.32 Å². The summed E-state index contributed by atoms with van der Waals surface area (Å²) < 4.78 is 14.8. The van der Waals surface area contributed by atoms with Gasteiger partial charge in [-0.1, -0.05) is 13.5 Å². The van der Waals surface area contributed by atoms with E-state index in [1.807, 2.05) is 13.8 Å². The highest BCUT2D eigenvalue weighted by molar-refractivity contribution is 5.81. The van der Waals surface area contributed by atoms with E-state index in [9.17, 15) is 9.59 Å². The van der Waals surface area contributed by atoms with Crippen LogP contribution in [0.1, 0.15) is 20.3 Å². The average molecular weight is 259 g/mol. The first-order valence-corrected chi connectivity index (χ1v) is 5.91. The first-order valence-electron chi connectivity index (χ1n) is 5.91. The Bertz CT molecular complexity index is 267. The molecular weight excluding hydrogens is 238 g/mol. The maximum atomic E-state index is 11.1. The Morgan fingerprint density at radius 3 is 2.61 bits per heavy atom. The predicted octanol–water partition coefficient (Wildman–Crippen LogP) is 1.26. The number of carbonyl (C=O) groups is 2. The number of carbonyl (C=O) groups excluding carboxylic acids is 2. The molecule has 0 aliphatic heterocycles. The second-order valence-electron chi connectivity index (χ2n) is 3.52. The Labute approximate surface area is 107 Å². The molecule has 0 aromatic heterocycles. The van der Waals surface area contributed by atoms with Crippen LogP contribution in [0.15, 0.2) is 12.7 Å². The van der Waals surface area contributed by atoms with Crippen molar-refractivity contribution >= 4 is 12.1 Å². The summed E-state index contributed by atoms with van der Waals surface area (Å²) in [6, 6.07) is 0. The summed E-state index contributed by atoms with van der Waals surface area (Å²) in [5, 5.41) is 2.44. The predicted molar refractivity (Wildman–Crippen MR) is 66.2 cm³/mol. The third-order valence-electron chi connectivity index (χ3n) is 2.08. The van der Waals surface area contributed by atoms with Crippen molar-refractivity contribution in [1.29, 1.82) is 0 Å². The summed E-state index contributed by atoms with van der Waals surface area (Å²) in [7, 11) is 0. The third kappa shape index (κ3) is 9.65. The molecule has 0 aromatic carbocycles. The Morgan fingerprint density at radius 2 is 2.00 bits per heavy atom. The highest BCUT2D eigenvalue weighted by atomic mass is 16.6. The number of hydrogen-bond acceptors (Lipinski definition) is 5. The van der Waals surface area contributed by atoms with Crippen LogP contribution in [0.4, 0.5) is 4.79 Å². The van der Waals surface area contributed by atoms with Gasteiger partial charge in [0.2, 0.25) is 0 Å². The average Bonchev–Trinajstić information content (AvgIpc) is 2.38. The van der Waals surface area contributed by atoms with Crippen LogP contribution in [0, 0.1) is 0 Å². The Hall–Kier alpha value is -1.56. The lowest BCUT2D eigenvalue weighted by Crippen LogP contribution is -2.29. The molecule has 18 heavy (non-hydrogen) atoms. The summed E-state index contributed by atoms with van der Waals surface area (Å²) >= 11 is 0. The first-order chi connectivity index (χ1) is 8.60. The highest BCUT2D eigenvalue weighted by Gasteiger charge is 2.03. The second kappa shape index (κ2) is 10.6. The van der Waals surface area contributed by atoms with E-state index in [1.54, 1.807) is 0 Å². The SMILES string of the molecule is C=CC(=O)OCCNC(=O)OCCO[C@@H](C)CC. The van der Waals surface area contributed by atoms with E-state index < -0.39 is 12.1 Å². The molecule has 6 nitrogen and oxygen atoms in total. The maximum absolute atomic E-state index is 11.1. The van der Waals surface area contributed by atoms with Crippen LogP contribution in [-0.4, -0.2) is 44.5 Å². The molecular formula is C12H21NO5. The van der Waals surface area contributed by atoms with E-state index >= 15 is 0 Å². The lowest BCUT2D eigenvalue weighted by atomic mass is 10.3. The first kappa shape index (κ1) is 16.4. The maximum Gasteiger partial charge on any atom is 0.407 e. The molecule has 0 radical (unpaired) electrons. The van der Waals surface area contributed by atoms with E-state index in [-0.39, 0.29) is 25.9 Å². The summed E-state index contributed by atoms with van der Waals surface area (Å²) in [4.78, 5) is 21.8. The molecule has 0 fully saturated rings. The van der Waals surface area contributed by atoms with E-state index in [0.29, 0.717) is 6.61 Å². The molecule has 104 valence electrons. The number of amides is 1. The standard InChI is InChI=1S/C12H21NO5/c1-4-10(3)16-8-9-18-12(15)13-6-7-17-11(14)5-2/h5,10H,2,4,6-9H2,1,3H3,(H,13,15)/t10-/m0/s1. The molecule has 0 unspecified atom stereocenters. The van der Waals surface area contributed by atoms with Crippen LogP contribution >= 0.6 is 0 Å². The lowest BCUT2D eigenvalue weighted by Gasteiger charge is -2.11. The molecule has 6 heteroatoms. The second-order valence-corrected chi connectivity index (χ2v) is 3.52. The van der Waals surface area contributed by atoms with Gasteiger partial charge in [0.05, 0.1) is 19.3 Å². The molecule has 0 saturated heterocycles. The fourth-order valence-electron chi connectivity index (χ4n) is 0.916. The van der Waals surface area contributed by atoms with Gasteiger partial charge in [0.1, 0.15) is 13.2 Å². The van der Waals surface area contributed by atoms with Crippen LogP contribution < -0.4 is 5.32 Å². The lowest BCUT2D eigenvalue weighted by molar-refractivity contribution is -0.137. The Balaban J connectivity index is 3.38. The van der Waals surface area contributed by atoms with Gasteiger partial charge in [0.15, 0.2) is 0 Å². The third-order valence-corrected chi connectivity index (χ3v) is 2.08. The van der Waals surface area contributed by atoms with Crippen molar-refractivity contribution in [3.05, 3.63) is 12.7 Å². The minimum atomic E-state index is -0.558. The van der Waals surface area contributed by atoms with Crippen LogP contribution in [-0.2, 0) is 19.0 Å². The number of alkyl carbamates (subject to hydrolysis) is 1. The molecule has 0 bridgehead atoms. The van der Waals surface area contributed by atoms with Gasteiger partial charge in [-0.15, -0.1) is 0 Å². The zero-order chi connectivity index (χ0) is 13.8. The zero-order valence-corrected chi connectivity index (χ0v) is 10.9. The van der Waals surface area contributed by atoms with E-state index in [4.69, 9.17) is 9.47 Å². The summed E-state index contributed by atoms with van der Waals surface area (Å²) in [6.07, 6.45) is 1.58. The number of rotatable bonds is 9. The van der Waals surface area contributed by atoms with E-state index in [0.717, 1.165) is 12.5 Å². The summed E-state index contributed by atoms with van der Waals surface area (Å²) in [5.74, 6) is -0.521. The molecule has 0 aliphatic rings. The fourth-order valence-corrected chi connectivity index (χ4v) is 0.916. The van der Waals surface area contributed by atoms with Gasteiger partial charge in [0.25, 0.3) is 0 Å². The van der Waals surface area contributed by atoms with Gasteiger partial charge in [-0.25, -0.2) is 9.59 Å². The fraction of sp³-hybridized carbons (Fsp3) is 0.667. The van der Waals surface area contributed by atoms with E-state index in [2.05, 4.69) is 16.6 Å². The topological polar surface area (TPSA) is 73.9 Å². The number of nitrogens with one attached hydrogen (secondary N) is 1. The Kier molecular flexibility index (Phi) is 9.67. The van der Waals surface area contributed by atoms with Crippen molar-refractivity contribution in [2.75, 3.05) is 26.4 Å². The monoisotopic (exact) mass is 259 g/mol. The van der Waals surface area contributed by atoms with Crippen molar-refractivity contribution in [2.24, 2.45) is 0 Å². The molecule has 1 atom stereocenters. The van der Waals surface area contributed by atoms with Crippen LogP contribution in [0.2, 0.25) is 0 Å². The number of ether oxygens (including phenoxy) is 3. The van der Waals surface area contributed by atoms with Crippen LogP contribution in [0.25, 0.3) is 0 Å². The normalized spacial score (nSPS) is 11.4. The largest absolute Gasteiger partial charge is 0.461 e. The van der Waals surface area contributed by atoms with Gasteiger partial charge in [0, 0.05) is 6.08 Å². The quantitative estimate of drug-likeness (QED) is 0.383. The minimum absolute atomic E-state index is 0.0866. The number of hydrogen-bond donors (Lipinski definition) is 1. The summed E-state index contributed by atoms with van der Waals surface area (Å²) in [6.45, 7) is 8.07. The van der Waals surface area contributed by atoms with Crippen molar-refractivity contribution in [2.45, 2.75) is 26.4 Å². The van der Waals surface area contributed by atoms with Gasteiger partial charge >= 0.3 is 12.1 Å². The Morgan fingerprint density at radius 1 is 1.28 bits per heavy atom. The van der Waals surface area contributed by atoms with Crippen LogP contribution in [0.3, 0.4) is 0 Å². The molecule has 0 aliphatic carbocycles. The molecule has 1 N–H and O–H groups in total. The molecule has 1 amide bonds. The van der Waals surface area contributed by atoms with Crippen LogP contribution in [0.5, 0.6) is 0 Å². The molecule has 0 rings (SSSR count). The van der Waals surface area contributed by atoms with Crippen molar-refractivity contribution in [3.8, 4) is 0 Å². The zero-order valence-electron chi connectivity index (χ0n) is 10.9. The van der Waals surface area contributed by atoms with Gasteiger partial charge in [-0.2, -0.15) is 0 Å². The van der Waals surface area contributed by atoms with Crippen molar-refractivity contribution in [3.63, 3.8) is 0 Å². The van der Waals surface area contributed by atoms with Gasteiger partial charge in [-0.3, -0.25) is 0 Å². The molecule has 0 heterocycles. The molecule has 0 saturated carbocycles. The van der Waals surface area contributed by atoms with Gasteiger partial charge < -0.3 is 19.5 Å². The summed E-state index contributed by atoms with van der Waals surface area (Å²) in [5.41, 5.74) is 0.